The summed E-state index contributed by atoms with van der Waals surface area (Å²) in [6, 6.07) is 6.00. The van der Waals surface area contributed by atoms with Crippen molar-refractivity contribution in [2.45, 2.75) is 26.5 Å². The molecule has 1 aromatic carbocycles. The first-order valence-corrected chi connectivity index (χ1v) is 10.0. The van der Waals surface area contributed by atoms with Crippen molar-refractivity contribution in [3.8, 4) is 11.1 Å². The summed E-state index contributed by atoms with van der Waals surface area (Å²) < 4.78 is 16.6. The van der Waals surface area contributed by atoms with E-state index in [0.29, 0.717) is 33.4 Å². The SMILES string of the molecule is Cc1cn(C)nc1[C@@H](C)Nc1c(C(N)=O)cnc2cc(F)c(-c3ccc(CO)nc3)cc12. The molecule has 0 fully saturated rings. The zero-order chi connectivity index (χ0) is 23.0. The Kier molecular flexibility index (Phi) is 5.58. The number of benzene rings is 1. The van der Waals surface area contributed by atoms with Crippen LogP contribution in [-0.2, 0) is 13.7 Å². The zero-order valence-electron chi connectivity index (χ0n) is 17.9. The quantitative estimate of drug-likeness (QED) is 0.429. The first-order chi connectivity index (χ1) is 15.3. The molecule has 0 unspecified atom stereocenters. The van der Waals surface area contributed by atoms with E-state index in [2.05, 4.69) is 20.4 Å². The standard InChI is InChI=1S/C23H23FN6O2/c1-12-10-30(3)29-21(12)13(2)28-22-17-6-16(14-4-5-15(11-31)26-8-14)19(24)7-20(17)27-9-18(22)23(25)32/h4-10,13,31H,11H2,1-3H3,(H2,25,32)(H,27,28)/t13-/m1/s1. The molecule has 0 bridgehead atoms. The summed E-state index contributed by atoms with van der Waals surface area (Å²) in [4.78, 5) is 20.5. The molecule has 0 aliphatic rings. The lowest BCUT2D eigenvalue weighted by atomic mass is 10.0. The number of nitrogens with two attached hydrogens (primary N) is 1. The molecule has 0 radical (unpaired) electrons. The lowest BCUT2D eigenvalue weighted by Gasteiger charge is -2.19. The molecule has 0 spiro atoms. The summed E-state index contributed by atoms with van der Waals surface area (Å²) in [5.41, 5.74) is 9.78. The number of halogens is 1. The molecule has 164 valence electrons. The number of carbonyl (C=O) groups is 1. The van der Waals surface area contributed by atoms with E-state index in [4.69, 9.17) is 5.73 Å². The van der Waals surface area contributed by atoms with Crippen molar-refractivity contribution >= 4 is 22.5 Å². The Morgan fingerprint density at radius 2 is 2.06 bits per heavy atom. The number of aliphatic hydroxyl groups excluding tert-OH is 1. The first kappa shape index (κ1) is 21.4. The molecule has 0 aliphatic carbocycles. The maximum Gasteiger partial charge on any atom is 0.252 e. The van der Waals surface area contributed by atoms with Crippen molar-refractivity contribution in [3.63, 3.8) is 0 Å². The van der Waals surface area contributed by atoms with Crippen molar-refractivity contribution in [2.24, 2.45) is 12.8 Å². The van der Waals surface area contributed by atoms with Gasteiger partial charge in [-0.15, -0.1) is 0 Å². The van der Waals surface area contributed by atoms with Gasteiger partial charge in [-0.2, -0.15) is 5.10 Å². The second-order valence-corrected chi connectivity index (χ2v) is 7.69. The van der Waals surface area contributed by atoms with Crippen molar-refractivity contribution in [1.82, 2.24) is 19.7 Å². The Labute approximate surface area is 183 Å². The molecule has 3 aromatic heterocycles. The molecule has 8 nitrogen and oxygen atoms in total. The molecular weight excluding hydrogens is 411 g/mol. The minimum absolute atomic E-state index is 0.198. The topological polar surface area (TPSA) is 119 Å². The normalized spacial score (nSPS) is 12.2. The van der Waals surface area contributed by atoms with Gasteiger partial charge in [-0.1, -0.05) is 6.07 Å². The van der Waals surface area contributed by atoms with E-state index in [9.17, 15) is 14.3 Å². The third-order valence-corrected chi connectivity index (χ3v) is 5.34. The average Bonchev–Trinajstić information content (AvgIpc) is 3.11. The third-order valence-electron chi connectivity index (χ3n) is 5.34. The van der Waals surface area contributed by atoms with Crippen LogP contribution < -0.4 is 11.1 Å². The highest BCUT2D eigenvalue weighted by molar-refractivity contribution is 6.07. The number of anilines is 1. The smallest absolute Gasteiger partial charge is 0.252 e. The van der Waals surface area contributed by atoms with Gasteiger partial charge >= 0.3 is 0 Å². The predicted molar refractivity (Wildman–Crippen MR) is 119 cm³/mol. The van der Waals surface area contributed by atoms with Gasteiger partial charge in [-0.25, -0.2) is 4.39 Å². The molecule has 1 amide bonds. The van der Waals surface area contributed by atoms with Crippen LogP contribution in [0.5, 0.6) is 0 Å². The molecular formula is C23H23FN6O2. The monoisotopic (exact) mass is 434 g/mol. The van der Waals surface area contributed by atoms with Crippen LogP contribution in [0, 0.1) is 12.7 Å². The van der Waals surface area contributed by atoms with Crippen LogP contribution in [0.1, 0.15) is 40.3 Å². The number of rotatable bonds is 6. The molecule has 0 saturated carbocycles. The van der Waals surface area contributed by atoms with E-state index in [1.165, 1.54) is 18.5 Å². The maximum atomic E-state index is 14.9. The highest BCUT2D eigenvalue weighted by Gasteiger charge is 2.20. The highest BCUT2D eigenvalue weighted by atomic mass is 19.1. The largest absolute Gasteiger partial charge is 0.390 e. The molecule has 4 aromatic rings. The molecule has 9 heteroatoms. The van der Waals surface area contributed by atoms with Gasteiger partial charge in [-0.3, -0.25) is 19.4 Å². The van der Waals surface area contributed by atoms with Crippen LogP contribution in [0.4, 0.5) is 10.1 Å². The van der Waals surface area contributed by atoms with E-state index in [0.717, 1.165) is 11.3 Å². The van der Waals surface area contributed by atoms with Gasteiger partial charge in [0.05, 0.1) is 40.8 Å². The van der Waals surface area contributed by atoms with Gasteiger partial charge in [0.2, 0.25) is 0 Å². The fourth-order valence-corrected chi connectivity index (χ4v) is 3.79. The second-order valence-electron chi connectivity index (χ2n) is 7.69. The van der Waals surface area contributed by atoms with Gasteiger partial charge in [0, 0.05) is 48.2 Å². The van der Waals surface area contributed by atoms with E-state index < -0.39 is 11.7 Å². The summed E-state index contributed by atoms with van der Waals surface area (Å²) >= 11 is 0. The zero-order valence-corrected chi connectivity index (χ0v) is 17.9. The van der Waals surface area contributed by atoms with Gasteiger partial charge in [-0.05, 0) is 31.5 Å². The molecule has 4 rings (SSSR count). The molecule has 4 N–H and O–H groups in total. The fraction of sp³-hybridized carbons (Fsp3) is 0.217. The minimum Gasteiger partial charge on any atom is -0.390 e. The lowest BCUT2D eigenvalue weighted by molar-refractivity contribution is 0.100. The number of carbonyl (C=O) groups excluding carboxylic acids is 1. The van der Waals surface area contributed by atoms with Crippen LogP contribution in [0.3, 0.4) is 0 Å². The minimum atomic E-state index is -0.647. The fourth-order valence-electron chi connectivity index (χ4n) is 3.79. The van der Waals surface area contributed by atoms with Crippen molar-refractivity contribution in [3.05, 3.63) is 71.2 Å². The van der Waals surface area contributed by atoms with Crippen LogP contribution >= 0.6 is 0 Å². The number of nitrogens with zero attached hydrogens (tertiary/aromatic N) is 4. The van der Waals surface area contributed by atoms with Crippen LogP contribution in [-0.4, -0.2) is 30.8 Å². The number of hydrogen-bond acceptors (Lipinski definition) is 6. The van der Waals surface area contributed by atoms with Gasteiger partial charge in [0.25, 0.3) is 5.91 Å². The van der Waals surface area contributed by atoms with Crippen molar-refractivity contribution < 1.29 is 14.3 Å². The maximum absolute atomic E-state index is 14.9. The number of nitrogens with one attached hydrogen (secondary N) is 1. The summed E-state index contributed by atoms with van der Waals surface area (Å²) in [7, 11) is 1.84. The lowest BCUT2D eigenvalue weighted by Crippen LogP contribution is -2.17. The Morgan fingerprint density at radius 3 is 2.66 bits per heavy atom. The number of aromatic nitrogens is 4. The summed E-state index contributed by atoms with van der Waals surface area (Å²) in [5.74, 6) is -1.12. The van der Waals surface area contributed by atoms with E-state index in [-0.39, 0.29) is 18.2 Å². The summed E-state index contributed by atoms with van der Waals surface area (Å²) in [6.07, 6.45) is 4.75. The molecule has 0 aliphatic heterocycles. The Hall–Kier alpha value is -3.85. The van der Waals surface area contributed by atoms with Gasteiger partial charge in [0.15, 0.2) is 0 Å². The van der Waals surface area contributed by atoms with Crippen molar-refractivity contribution in [2.75, 3.05) is 5.32 Å². The number of aryl methyl sites for hydroxylation is 2. The van der Waals surface area contributed by atoms with Crippen LogP contribution in [0.15, 0.2) is 42.9 Å². The number of aliphatic hydroxyl groups is 1. The molecule has 32 heavy (non-hydrogen) atoms. The molecule has 3 heterocycles. The number of amides is 1. The van der Waals surface area contributed by atoms with Crippen molar-refractivity contribution in [1.29, 1.82) is 0 Å². The van der Waals surface area contributed by atoms with Crippen LogP contribution in [0.25, 0.3) is 22.0 Å². The van der Waals surface area contributed by atoms with E-state index >= 15 is 0 Å². The Morgan fingerprint density at radius 1 is 1.28 bits per heavy atom. The van der Waals surface area contributed by atoms with Gasteiger partial charge < -0.3 is 16.2 Å². The Balaban J connectivity index is 1.87. The first-order valence-electron chi connectivity index (χ1n) is 10.0. The summed E-state index contributed by atoms with van der Waals surface area (Å²) in [6.45, 7) is 3.68. The molecule has 0 saturated heterocycles. The number of pyridine rings is 2. The van der Waals surface area contributed by atoms with E-state index in [1.54, 1.807) is 22.9 Å². The second kappa shape index (κ2) is 8.35. The van der Waals surface area contributed by atoms with Crippen LogP contribution in [0.2, 0.25) is 0 Å². The number of fused-ring (bicyclic) bond motifs is 1. The average molecular weight is 434 g/mol. The molecule has 1 atom stereocenters. The third kappa shape index (κ3) is 3.90. The van der Waals surface area contributed by atoms with Gasteiger partial charge in [0.1, 0.15) is 5.82 Å². The highest BCUT2D eigenvalue weighted by Crippen LogP contribution is 2.34. The number of primary amides is 1. The Bertz CT molecular complexity index is 1320. The number of hydrogen-bond donors (Lipinski definition) is 3. The summed E-state index contributed by atoms with van der Waals surface area (Å²) in [5, 5.41) is 17.6. The van der Waals surface area contributed by atoms with E-state index in [1.807, 2.05) is 27.1 Å². The predicted octanol–water partition coefficient (Wildman–Crippen LogP) is 3.24.